The number of hydrogen-bond acceptors (Lipinski definition) is 0. The molecule has 4 unspecified atom stereocenters. The minimum atomic E-state index is -0.268. The van der Waals surface area contributed by atoms with E-state index in [1.165, 1.54) is 37.8 Å². The van der Waals surface area contributed by atoms with Crippen LogP contribution in [0, 0.1) is 48.2 Å². The molecule has 2 aromatic carbocycles. The number of hydrogen-bond donors (Lipinski definition) is 0. The minimum absolute atomic E-state index is 0.157. The first-order valence-corrected chi connectivity index (χ1v) is 10.7. The molecule has 0 N–H and O–H groups in total. The molecule has 0 nitrogen and oxygen atoms in total. The van der Waals surface area contributed by atoms with Gasteiger partial charge in [0.05, 0.1) is 0 Å². The second kappa shape index (κ2) is 8.54. The molecular weight excluding hydrogens is 362 g/mol. The van der Waals surface area contributed by atoms with Gasteiger partial charge < -0.3 is 0 Å². The average Bonchev–Trinajstić information content (AvgIpc) is 2.74. The van der Waals surface area contributed by atoms with E-state index in [-0.39, 0.29) is 11.6 Å². The van der Waals surface area contributed by atoms with E-state index in [2.05, 4.69) is 24.5 Å². The van der Waals surface area contributed by atoms with Crippen LogP contribution in [-0.2, 0) is 0 Å². The molecule has 0 bridgehead atoms. The van der Waals surface area contributed by atoms with E-state index in [4.69, 9.17) is 0 Å². The van der Waals surface area contributed by atoms with Crippen LogP contribution < -0.4 is 0 Å². The predicted octanol–water partition coefficient (Wildman–Crippen LogP) is 7.16. The highest BCUT2D eigenvalue weighted by molar-refractivity contribution is 5.45. The van der Waals surface area contributed by atoms with Crippen LogP contribution in [0.5, 0.6) is 0 Å². The number of benzene rings is 2. The standard InChI is InChI=1S/C27H28F2/c1-3-19-8-10-23-17-24(12-11-22(23)14-19)25-13-9-21(16-27(25)29)7-6-20-5-4-18(2)26(28)15-20/h3-5,9,13,15-16,19,22-24H,1,8,10-12,14,17H2,2H3. The van der Waals surface area contributed by atoms with Crippen molar-refractivity contribution in [2.45, 2.75) is 51.4 Å². The van der Waals surface area contributed by atoms with Gasteiger partial charge in [0, 0.05) is 11.1 Å². The highest BCUT2D eigenvalue weighted by atomic mass is 19.1. The van der Waals surface area contributed by atoms with Crippen LogP contribution in [0.25, 0.3) is 0 Å². The Kier molecular flexibility index (Phi) is 5.86. The average molecular weight is 391 g/mol. The highest BCUT2D eigenvalue weighted by Crippen LogP contribution is 2.48. The normalized spacial score (nSPS) is 26.2. The molecule has 29 heavy (non-hydrogen) atoms. The molecule has 0 amide bonds. The van der Waals surface area contributed by atoms with Gasteiger partial charge in [-0.3, -0.25) is 0 Å². The van der Waals surface area contributed by atoms with Crippen molar-refractivity contribution >= 4 is 0 Å². The van der Waals surface area contributed by atoms with Crippen molar-refractivity contribution in [3.05, 3.63) is 82.9 Å². The topological polar surface area (TPSA) is 0 Å². The third-order valence-electron chi connectivity index (χ3n) is 6.95. The Morgan fingerprint density at radius 1 is 0.862 bits per heavy atom. The van der Waals surface area contributed by atoms with E-state index < -0.39 is 0 Å². The fourth-order valence-electron chi connectivity index (χ4n) is 5.17. The maximum atomic E-state index is 14.9. The molecule has 0 aliphatic heterocycles. The zero-order valence-electron chi connectivity index (χ0n) is 17.1. The second-order valence-electron chi connectivity index (χ2n) is 8.79. The fourth-order valence-corrected chi connectivity index (χ4v) is 5.17. The summed E-state index contributed by atoms with van der Waals surface area (Å²) in [6.45, 7) is 5.69. The van der Waals surface area contributed by atoms with E-state index in [9.17, 15) is 8.78 Å². The van der Waals surface area contributed by atoms with Gasteiger partial charge in [-0.05, 0) is 105 Å². The van der Waals surface area contributed by atoms with Crippen LogP contribution in [0.2, 0.25) is 0 Å². The van der Waals surface area contributed by atoms with Gasteiger partial charge in [0.2, 0.25) is 0 Å². The van der Waals surface area contributed by atoms with Gasteiger partial charge in [0.25, 0.3) is 0 Å². The summed E-state index contributed by atoms with van der Waals surface area (Å²) >= 11 is 0. The zero-order chi connectivity index (χ0) is 20.4. The Bertz CT molecular complexity index is 962. The van der Waals surface area contributed by atoms with Crippen molar-refractivity contribution in [3.8, 4) is 11.8 Å². The Balaban J connectivity index is 1.46. The van der Waals surface area contributed by atoms with Gasteiger partial charge in [-0.25, -0.2) is 8.78 Å². The molecule has 4 atom stereocenters. The number of fused-ring (bicyclic) bond motifs is 1. The Hall–Kier alpha value is -2.40. The fraction of sp³-hybridized carbons (Fsp3) is 0.407. The highest BCUT2D eigenvalue weighted by Gasteiger charge is 2.35. The molecule has 0 heterocycles. The molecule has 0 saturated heterocycles. The van der Waals surface area contributed by atoms with Gasteiger partial charge in [0.15, 0.2) is 0 Å². The molecule has 2 aromatic rings. The molecule has 2 fully saturated rings. The molecule has 2 aliphatic carbocycles. The van der Waals surface area contributed by atoms with E-state index in [0.29, 0.717) is 28.5 Å². The maximum absolute atomic E-state index is 14.9. The molecule has 2 saturated carbocycles. The number of halogens is 2. The summed E-state index contributed by atoms with van der Waals surface area (Å²) in [4.78, 5) is 0. The Morgan fingerprint density at radius 3 is 2.21 bits per heavy atom. The van der Waals surface area contributed by atoms with Gasteiger partial charge >= 0.3 is 0 Å². The number of allylic oxidation sites excluding steroid dienone is 1. The van der Waals surface area contributed by atoms with Crippen molar-refractivity contribution in [1.29, 1.82) is 0 Å². The van der Waals surface area contributed by atoms with Crippen molar-refractivity contribution < 1.29 is 8.78 Å². The number of rotatable bonds is 2. The predicted molar refractivity (Wildman–Crippen MR) is 115 cm³/mol. The smallest absolute Gasteiger partial charge is 0.127 e. The summed E-state index contributed by atoms with van der Waals surface area (Å²) in [6.07, 6.45) is 9.21. The summed E-state index contributed by atoms with van der Waals surface area (Å²) in [5.74, 6) is 7.97. The summed E-state index contributed by atoms with van der Waals surface area (Å²) in [5, 5.41) is 0. The molecule has 150 valence electrons. The molecule has 0 aromatic heterocycles. The van der Waals surface area contributed by atoms with Crippen molar-refractivity contribution in [3.63, 3.8) is 0 Å². The lowest BCUT2D eigenvalue weighted by Gasteiger charge is -2.41. The first kappa shape index (κ1) is 19.9. The van der Waals surface area contributed by atoms with Crippen LogP contribution in [-0.4, -0.2) is 0 Å². The SMILES string of the molecule is C=CC1CCC2CC(c3ccc(C#Cc4ccc(C)c(F)c4)cc3F)CCC2C1. The van der Waals surface area contributed by atoms with Gasteiger partial charge in [-0.2, -0.15) is 0 Å². The van der Waals surface area contributed by atoms with Crippen LogP contribution in [0.15, 0.2) is 49.1 Å². The van der Waals surface area contributed by atoms with Crippen molar-refractivity contribution in [2.24, 2.45) is 17.8 Å². The van der Waals surface area contributed by atoms with Crippen LogP contribution in [0.4, 0.5) is 8.78 Å². The minimum Gasteiger partial charge on any atom is -0.207 e. The van der Waals surface area contributed by atoms with Crippen LogP contribution >= 0.6 is 0 Å². The third kappa shape index (κ3) is 4.45. The lowest BCUT2D eigenvalue weighted by Crippen LogP contribution is -2.30. The van der Waals surface area contributed by atoms with Crippen molar-refractivity contribution in [2.75, 3.05) is 0 Å². The lowest BCUT2D eigenvalue weighted by atomic mass is 9.64. The molecule has 4 rings (SSSR count). The number of aryl methyl sites for hydroxylation is 1. The summed E-state index contributed by atoms with van der Waals surface area (Å²) in [6, 6.07) is 10.3. The molecular formula is C27H28F2. The first-order valence-electron chi connectivity index (χ1n) is 10.7. The zero-order valence-corrected chi connectivity index (χ0v) is 17.1. The molecule has 2 aliphatic rings. The molecule has 0 spiro atoms. The van der Waals surface area contributed by atoms with E-state index in [0.717, 1.165) is 30.2 Å². The van der Waals surface area contributed by atoms with Crippen LogP contribution in [0.3, 0.4) is 0 Å². The Morgan fingerprint density at radius 2 is 1.52 bits per heavy atom. The van der Waals surface area contributed by atoms with Gasteiger partial charge in [0.1, 0.15) is 11.6 Å². The largest absolute Gasteiger partial charge is 0.207 e. The van der Waals surface area contributed by atoms with Crippen LogP contribution in [0.1, 0.15) is 66.7 Å². The second-order valence-corrected chi connectivity index (χ2v) is 8.79. The summed E-state index contributed by atoms with van der Waals surface area (Å²) in [5.41, 5.74) is 2.67. The Labute approximate surface area is 173 Å². The molecule has 2 heteroatoms. The summed E-state index contributed by atoms with van der Waals surface area (Å²) in [7, 11) is 0. The van der Waals surface area contributed by atoms with Crippen molar-refractivity contribution in [1.82, 2.24) is 0 Å². The van der Waals surface area contributed by atoms with E-state index >= 15 is 0 Å². The molecule has 0 radical (unpaired) electrons. The summed E-state index contributed by atoms with van der Waals surface area (Å²) < 4.78 is 28.5. The van der Waals surface area contributed by atoms with E-state index in [1.54, 1.807) is 19.1 Å². The lowest BCUT2D eigenvalue weighted by molar-refractivity contribution is 0.132. The van der Waals surface area contributed by atoms with Gasteiger partial charge in [-0.1, -0.05) is 30.0 Å². The maximum Gasteiger partial charge on any atom is 0.127 e. The monoisotopic (exact) mass is 390 g/mol. The first-order chi connectivity index (χ1) is 14.0. The quantitative estimate of drug-likeness (QED) is 0.377. The van der Waals surface area contributed by atoms with E-state index in [1.807, 2.05) is 12.1 Å². The van der Waals surface area contributed by atoms with Gasteiger partial charge in [-0.15, -0.1) is 6.58 Å². The third-order valence-corrected chi connectivity index (χ3v) is 6.95.